The minimum atomic E-state index is -0.554. The van der Waals surface area contributed by atoms with E-state index in [4.69, 9.17) is 9.15 Å². The number of hydrogen-bond donors (Lipinski definition) is 0. The summed E-state index contributed by atoms with van der Waals surface area (Å²) in [7, 11) is 0. The molecule has 2 aromatic carbocycles. The van der Waals surface area contributed by atoms with Crippen molar-refractivity contribution in [2.24, 2.45) is 0 Å². The van der Waals surface area contributed by atoms with E-state index in [0.717, 1.165) is 16.6 Å². The summed E-state index contributed by atoms with van der Waals surface area (Å²) in [6.45, 7) is -0.202. The molecule has 0 aliphatic rings. The first-order valence-corrected chi connectivity index (χ1v) is 9.30. The normalized spacial score (nSPS) is 11.2. The third kappa shape index (κ3) is 3.24. The summed E-state index contributed by atoms with van der Waals surface area (Å²) in [5.74, 6) is -0.554. The van der Waals surface area contributed by atoms with Gasteiger partial charge in [-0.3, -0.25) is 14.2 Å². The molecule has 0 N–H and O–H groups in total. The Kier molecular flexibility index (Phi) is 4.36. The van der Waals surface area contributed by atoms with Gasteiger partial charge < -0.3 is 9.15 Å². The minimum absolute atomic E-state index is 0.0563. The number of aromatic nitrogens is 4. The Hall–Kier alpha value is -4.20. The van der Waals surface area contributed by atoms with Gasteiger partial charge >= 0.3 is 5.97 Å². The van der Waals surface area contributed by atoms with Crippen LogP contribution in [0.5, 0.6) is 0 Å². The van der Waals surface area contributed by atoms with E-state index < -0.39 is 11.5 Å². The Morgan fingerprint density at radius 1 is 1.07 bits per heavy atom. The molecule has 0 atom stereocenters. The molecule has 0 aliphatic heterocycles. The third-order valence-electron chi connectivity index (χ3n) is 4.71. The van der Waals surface area contributed by atoms with E-state index in [9.17, 15) is 9.59 Å². The van der Waals surface area contributed by atoms with Crippen LogP contribution in [0.3, 0.4) is 0 Å². The Labute approximate surface area is 169 Å². The van der Waals surface area contributed by atoms with E-state index in [2.05, 4.69) is 10.1 Å². The fraction of sp³-hybridized carbons (Fsp3) is 0.0909. The number of carbonyl (C=O) groups excluding carboxylic acids is 1. The minimum Gasteiger partial charge on any atom is -0.459 e. The van der Waals surface area contributed by atoms with Crippen LogP contribution < -0.4 is 5.56 Å². The van der Waals surface area contributed by atoms with Crippen molar-refractivity contribution in [3.05, 3.63) is 89.2 Å². The zero-order chi connectivity index (χ0) is 20.5. The number of furan rings is 1. The van der Waals surface area contributed by atoms with E-state index in [1.54, 1.807) is 23.1 Å². The highest BCUT2D eigenvalue weighted by atomic mass is 16.5. The summed E-state index contributed by atoms with van der Waals surface area (Å²) < 4.78 is 13.8. The maximum absolute atomic E-state index is 12.7. The fourth-order valence-corrected chi connectivity index (χ4v) is 3.23. The second-order valence-electron chi connectivity index (χ2n) is 6.74. The lowest BCUT2D eigenvalue weighted by molar-refractivity contribution is -0.145. The quantitative estimate of drug-likeness (QED) is 0.421. The number of rotatable bonds is 5. The summed E-state index contributed by atoms with van der Waals surface area (Å²) in [4.78, 5) is 29.2. The van der Waals surface area contributed by atoms with Gasteiger partial charge in [-0.1, -0.05) is 30.3 Å². The predicted octanol–water partition coefficient (Wildman–Crippen LogP) is 3.07. The Morgan fingerprint density at radius 2 is 1.87 bits per heavy atom. The van der Waals surface area contributed by atoms with E-state index in [-0.39, 0.29) is 18.7 Å². The van der Waals surface area contributed by atoms with Crippen LogP contribution in [-0.4, -0.2) is 25.3 Å². The molecule has 0 radical (unpaired) electrons. The van der Waals surface area contributed by atoms with Crippen molar-refractivity contribution in [1.82, 2.24) is 19.3 Å². The van der Waals surface area contributed by atoms with E-state index >= 15 is 0 Å². The van der Waals surface area contributed by atoms with Crippen molar-refractivity contribution in [3.8, 4) is 5.69 Å². The molecule has 0 saturated heterocycles. The zero-order valence-corrected chi connectivity index (χ0v) is 15.8. The van der Waals surface area contributed by atoms with Gasteiger partial charge in [0.15, 0.2) is 0 Å². The average Bonchev–Trinajstić information content (AvgIpc) is 3.40. The average molecular weight is 400 g/mol. The van der Waals surface area contributed by atoms with Crippen LogP contribution in [0.15, 0.2) is 82.5 Å². The van der Waals surface area contributed by atoms with Crippen molar-refractivity contribution in [3.63, 3.8) is 0 Å². The van der Waals surface area contributed by atoms with Crippen molar-refractivity contribution in [1.29, 1.82) is 0 Å². The van der Waals surface area contributed by atoms with Gasteiger partial charge in [0.1, 0.15) is 24.3 Å². The van der Waals surface area contributed by atoms with E-state index in [1.807, 2.05) is 48.5 Å². The smallest absolute Gasteiger partial charge is 0.326 e. The second-order valence-corrected chi connectivity index (χ2v) is 6.74. The molecular weight excluding hydrogens is 384 g/mol. The second kappa shape index (κ2) is 7.32. The van der Waals surface area contributed by atoms with Crippen LogP contribution in [0.2, 0.25) is 0 Å². The maximum atomic E-state index is 12.7. The molecule has 0 aliphatic carbocycles. The molecule has 0 fully saturated rings. The van der Waals surface area contributed by atoms with Crippen LogP contribution in [0.25, 0.3) is 27.8 Å². The number of para-hydroxylation sites is 2. The standard InChI is InChI=1S/C22H16N4O4/c27-19(29-13-15-10-24-26(11-15)16-6-2-1-3-7-16)12-25-14-23-20-17-8-4-5-9-18(17)30-21(20)22(25)28/h1-11,14H,12-13H2. The molecule has 148 valence electrons. The lowest BCUT2D eigenvalue weighted by Gasteiger charge is -2.05. The van der Waals surface area contributed by atoms with Gasteiger partial charge in [-0.05, 0) is 24.3 Å². The first kappa shape index (κ1) is 17.9. The molecule has 5 aromatic rings. The third-order valence-corrected chi connectivity index (χ3v) is 4.71. The molecular formula is C22H16N4O4. The van der Waals surface area contributed by atoms with Crippen molar-refractivity contribution >= 4 is 28.0 Å². The molecule has 8 nitrogen and oxygen atoms in total. The van der Waals surface area contributed by atoms with Gasteiger partial charge in [-0.25, -0.2) is 9.67 Å². The SMILES string of the molecule is O=C(Cn1cnc2c(oc3ccccc32)c1=O)OCc1cnn(-c2ccccc2)c1. The van der Waals surface area contributed by atoms with Gasteiger partial charge in [-0.2, -0.15) is 5.10 Å². The highest BCUT2D eigenvalue weighted by molar-refractivity contribution is 6.01. The first-order chi connectivity index (χ1) is 14.7. The van der Waals surface area contributed by atoms with Crippen molar-refractivity contribution in [2.75, 3.05) is 0 Å². The van der Waals surface area contributed by atoms with Crippen LogP contribution in [-0.2, 0) is 22.7 Å². The Morgan fingerprint density at radius 3 is 2.73 bits per heavy atom. The largest absolute Gasteiger partial charge is 0.459 e. The maximum Gasteiger partial charge on any atom is 0.326 e. The molecule has 30 heavy (non-hydrogen) atoms. The topological polar surface area (TPSA) is 92.2 Å². The van der Waals surface area contributed by atoms with Gasteiger partial charge in [0.05, 0.1) is 18.2 Å². The van der Waals surface area contributed by atoms with E-state index in [1.165, 1.54) is 10.9 Å². The van der Waals surface area contributed by atoms with E-state index in [0.29, 0.717) is 11.1 Å². The molecule has 5 rings (SSSR count). The fourth-order valence-electron chi connectivity index (χ4n) is 3.23. The lowest BCUT2D eigenvalue weighted by Crippen LogP contribution is -2.25. The molecule has 0 saturated carbocycles. The van der Waals surface area contributed by atoms with Gasteiger partial charge in [-0.15, -0.1) is 0 Å². The zero-order valence-electron chi connectivity index (χ0n) is 15.8. The van der Waals surface area contributed by atoms with Gasteiger partial charge in [0, 0.05) is 17.1 Å². The number of carbonyl (C=O) groups is 1. The Bertz CT molecular complexity index is 1420. The molecule has 0 amide bonds. The van der Waals surface area contributed by atoms with Gasteiger partial charge in [0.2, 0.25) is 5.58 Å². The molecule has 3 aromatic heterocycles. The first-order valence-electron chi connectivity index (χ1n) is 9.30. The van der Waals surface area contributed by atoms with Crippen LogP contribution in [0, 0.1) is 0 Å². The number of benzene rings is 2. The summed E-state index contributed by atoms with van der Waals surface area (Å²) in [6, 6.07) is 16.9. The monoisotopic (exact) mass is 400 g/mol. The van der Waals surface area contributed by atoms with Crippen molar-refractivity contribution in [2.45, 2.75) is 13.2 Å². The summed E-state index contributed by atoms with van der Waals surface area (Å²) in [6.07, 6.45) is 4.76. The highest BCUT2D eigenvalue weighted by Crippen LogP contribution is 2.24. The summed E-state index contributed by atoms with van der Waals surface area (Å²) >= 11 is 0. The molecule has 8 heteroatoms. The highest BCUT2D eigenvalue weighted by Gasteiger charge is 2.15. The number of ether oxygens (including phenoxy) is 1. The summed E-state index contributed by atoms with van der Waals surface area (Å²) in [5, 5.41) is 5.02. The molecule has 0 bridgehead atoms. The Balaban J connectivity index is 1.29. The molecule has 3 heterocycles. The predicted molar refractivity (Wildman–Crippen MR) is 109 cm³/mol. The lowest BCUT2D eigenvalue weighted by atomic mass is 10.2. The van der Waals surface area contributed by atoms with Crippen LogP contribution in [0.1, 0.15) is 5.56 Å². The van der Waals surface area contributed by atoms with Crippen LogP contribution in [0.4, 0.5) is 0 Å². The number of hydrogen-bond acceptors (Lipinski definition) is 6. The molecule has 0 unspecified atom stereocenters. The number of esters is 1. The number of fused-ring (bicyclic) bond motifs is 3. The number of nitrogens with zero attached hydrogens (tertiary/aromatic N) is 4. The van der Waals surface area contributed by atoms with Gasteiger partial charge in [0.25, 0.3) is 5.56 Å². The molecule has 0 spiro atoms. The summed E-state index contributed by atoms with van der Waals surface area (Å²) in [5.41, 5.74) is 2.40. The van der Waals surface area contributed by atoms with Crippen LogP contribution >= 0.6 is 0 Å². The van der Waals surface area contributed by atoms with Crippen molar-refractivity contribution < 1.29 is 13.9 Å².